The number of hydrogen-bond acceptors (Lipinski definition) is 3. The maximum Gasteiger partial charge on any atom is 0.236 e. The van der Waals surface area contributed by atoms with Gasteiger partial charge < -0.3 is 9.88 Å². The molecule has 3 aromatic carbocycles. The Bertz CT molecular complexity index is 1210. The van der Waals surface area contributed by atoms with E-state index in [1.165, 1.54) is 6.42 Å². The molecule has 5 nitrogen and oxygen atoms in total. The Balaban J connectivity index is 1.47. The van der Waals surface area contributed by atoms with Gasteiger partial charge in [-0.25, -0.2) is 0 Å². The van der Waals surface area contributed by atoms with Crippen LogP contribution in [0, 0.1) is 0 Å². The molecule has 0 fully saturated rings. The van der Waals surface area contributed by atoms with E-state index in [0.717, 1.165) is 54.1 Å². The molecule has 1 aromatic heterocycles. The van der Waals surface area contributed by atoms with Crippen LogP contribution in [0.5, 0.6) is 0 Å². The second-order valence-electron chi connectivity index (χ2n) is 8.34. The summed E-state index contributed by atoms with van der Waals surface area (Å²) in [4.78, 5) is 13.5. The van der Waals surface area contributed by atoms with E-state index in [1.807, 2.05) is 78.9 Å². The standard InChI is InChI=1S/C27H25ClN4O/c28-23-16-15-21(18-22(23)26-31-30-24-14-8-3-9-17-32(24)26)29-27(33)25(19-10-4-1-5-11-19)20-12-6-2-7-13-20/h1-2,4-7,10-13,15-16,18,25H,3,8-9,14,17H2,(H,29,33). The number of fused-ring (bicyclic) bond motifs is 1. The number of rotatable bonds is 5. The van der Waals surface area contributed by atoms with Crippen LogP contribution in [0.25, 0.3) is 11.4 Å². The van der Waals surface area contributed by atoms with Crippen molar-refractivity contribution in [3.05, 3.63) is 101 Å². The van der Waals surface area contributed by atoms with E-state index in [-0.39, 0.29) is 5.91 Å². The van der Waals surface area contributed by atoms with E-state index in [9.17, 15) is 4.79 Å². The van der Waals surface area contributed by atoms with Crippen molar-refractivity contribution < 1.29 is 4.79 Å². The van der Waals surface area contributed by atoms with E-state index in [1.54, 1.807) is 0 Å². The second kappa shape index (κ2) is 9.59. The molecule has 33 heavy (non-hydrogen) atoms. The zero-order chi connectivity index (χ0) is 22.6. The van der Waals surface area contributed by atoms with Crippen LogP contribution in [0.15, 0.2) is 78.9 Å². The first-order valence-electron chi connectivity index (χ1n) is 11.3. The Morgan fingerprint density at radius 1 is 0.879 bits per heavy atom. The van der Waals surface area contributed by atoms with Crippen LogP contribution < -0.4 is 5.32 Å². The third kappa shape index (κ3) is 4.55. The number of benzene rings is 3. The highest BCUT2D eigenvalue weighted by atomic mass is 35.5. The van der Waals surface area contributed by atoms with Crippen LogP contribution in [0.2, 0.25) is 5.02 Å². The van der Waals surface area contributed by atoms with Crippen LogP contribution in [0.1, 0.15) is 42.1 Å². The van der Waals surface area contributed by atoms with Gasteiger partial charge in [0.25, 0.3) is 0 Å². The molecular weight excluding hydrogens is 432 g/mol. The first-order chi connectivity index (χ1) is 16.2. The van der Waals surface area contributed by atoms with Crippen LogP contribution >= 0.6 is 11.6 Å². The molecule has 0 unspecified atom stereocenters. The molecule has 1 amide bonds. The number of aromatic nitrogens is 3. The van der Waals surface area contributed by atoms with Gasteiger partial charge in [-0.3, -0.25) is 4.79 Å². The van der Waals surface area contributed by atoms with Gasteiger partial charge in [0.05, 0.1) is 10.9 Å². The van der Waals surface area contributed by atoms with E-state index >= 15 is 0 Å². The first-order valence-corrected chi connectivity index (χ1v) is 11.7. The molecule has 1 aliphatic rings. The zero-order valence-corrected chi connectivity index (χ0v) is 19.0. The van der Waals surface area contributed by atoms with Crippen molar-refractivity contribution in [3.8, 4) is 11.4 Å². The lowest BCUT2D eigenvalue weighted by Crippen LogP contribution is -2.22. The molecule has 6 heteroatoms. The maximum atomic E-state index is 13.5. The van der Waals surface area contributed by atoms with Gasteiger partial charge in [-0.15, -0.1) is 10.2 Å². The van der Waals surface area contributed by atoms with E-state index in [4.69, 9.17) is 11.6 Å². The summed E-state index contributed by atoms with van der Waals surface area (Å²) in [6.45, 7) is 0.884. The SMILES string of the molecule is O=C(Nc1ccc(Cl)c(-c2nnc3n2CCCCC3)c1)C(c1ccccc1)c1ccccc1. The summed E-state index contributed by atoms with van der Waals surface area (Å²) < 4.78 is 2.16. The minimum absolute atomic E-state index is 0.0965. The largest absolute Gasteiger partial charge is 0.325 e. The average molecular weight is 457 g/mol. The van der Waals surface area contributed by atoms with E-state index in [2.05, 4.69) is 20.1 Å². The molecule has 0 saturated carbocycles. The zero-order valence-electron chi connectivity index (χ0n) is 18.2. The summed E-state index contributed by atoms with van der Waals surface area (Å²) >= 11 is 6.57. The molecule has 4 aromatic rings. The molecule has 0 aliphatic carbocycles. The molecule has 2 heterocycles. The number of nitrogens with one attached hydrogen (secondary N) is 1. The van der Waals surface area contributed by atoms with Gasteiger partial charge in [0.1, 0.15) is 5.82 Å². The topological polar surface area (TPSA) is 59.8 Å². The molecule has 0 saturated heterocycles. The summed E-state index contributed by atoms with van der Waals surface area (Å²) in [5.74, 6) is 1.24. The first kappa shape index (κ1) is 21.4. The van der Waals surface area contributed by atoms with Gasteiger partial charge in [0, 0.05) is 24.2 Å². The van der Waals surface area contributed by atoms with Crippen molar-refractivity contribution in [2.24, 2.45) is 0 Å². The molecule has 0 atom stereocenters. The van der Waals surface area contributed by atoms with Gasteiger partial charge in [0.15, 0.2) is 5.82 Å². The van der Waals surface area contributed by atoms with Crippen molar-refractivity contribution >= 4 is 23.2 Å². The van der Waals surface area contributed by atoms with Crippen molar-refractivity contribution in [1.82, 2.24) is 14.8 Å². The summed E-state index contributed by atoms with van der Waals surface area (Å²) in [6, 6.07) is 25.2. The Hall–Kier alpha value is -3.44. The molecule has 0 spiro atoms. The summed E-state index contributed by atoms with van der Waals surface area (Å²) in [5.41, 5.74) is 3.35. The normalized spacial score (nSPS) is 13.4. The minimum Gasteiger partial charge on any atom is -0.325 e. The van der Waals surface area contributed by atoms with E-state index < -0.39 is 5.92 Å². The van der Waals surface area contributed by atoms with E-state index in [0.29, 0.717) is 10.7 Å². The van der Waals surface area contributed by atoms with Crippen LogP contribution in [0.3, 0.4) is 0 Å². The van der Waals surface area contributed by atoms with Crippen molar-refractivity contribution in [2.45, 2.75) is 38.1 Å². The Labute approximate surface area is 198 Å². The number of carbonyl (C=O) groups is 1. The number of anilines is 1. The lowest BCUT2D eigenvalue weighted by atomic mass is 9.90. The fourth-order valence-corrected chi connectivity index (χ4v) is 4.66. The predicted molar refractivity (Wildman–Crippen MR) is 131 cm³/mol. The van der Waals surface area contributed by atoms with Gasteiger partial charge >= 0.3 is 0 Å². The van der Waals surface area contributed by atoms with Gasteiger partial charge in [-0.1, -0.05) is 78.7 Å². The lowest BCUT2D eigenvalue weighted by Gasteiger charge is -2.18. The highest BCUT2D eigenvalue weighted by Gasteiger charge is 2.24. The molecule has 1 aliphatic heterocycles. The monoisotopic (exact) mass is 456 g/mol. The van der Waals surface area contributed by atoms with Gasteiger partial charge in [-0.05, 0) is 42.2 Å². The molecule has 0 radical (unpaired) electrons. The highest BCUT2D eigenvalue weighted by Crippen LogP contribution is 2.32. The summed E-state index contributed by atoms with van der Waals surface area (Å²) in [5, 5.41) is 12.5. The molecule has 166 valence electrons. The van der Waals surface area contributed by atoms with Crippen LogP contribution in [-0.2, 0) is 17.8 Å². The number of nitrogens with zero attached hydrogens (tertiary/aromatic N) is 3. The fourth-order valence-electron chi connectivity index (χ4n) is 4.46. The Morgan fingerprint density at radius 2 is 1.58 bits per heavy atom. The van der Waals surface area contributed by atoms with Crippen molar-refractivity contribution in [2.75, 3.05) is 5.32 Å². The smallest absolute Gasteiger partial charge is 0.236 e. The van der Waals surface area contributed by atoms with Crippen LogP contribution in [0.4, 0.5) is 5.69 Å². The predicted octanol–water partition coefficient (Wildman–Crippen LogP) is 6.10. The molecular formula is C27H25ClN4O. The third-order valence-electron chi connectivity index (χ3n) is 6.11. The molecule has 1 N–H and O–H groups in total. The number of halogens is 1. The quantitative estimate of drug-likeness (QED) is 0.395. The lowest BCUT2D eigenvalue weighted by molar-refractivity contribution is -0.116. The maximum absolute atomic E-state index is 13.5. The second-order valence-corrected chi connectivity index (χ2v) is 8.75. The summed E-state index contributed by atoms with van der Waals surface area (Å²) in [7, 11) is 0. The molecule has 5 rings (SSSR count). The number of amides is 1. The van der Waals surface area contributed by atoms with Gasteiger partial charge in [0.2, 0.25) is 5.91 Å². The number of carbonyl (C=O) groups excluding carboxylic acids is 1. The van der Waals surface area contributed by atoms with Gasteiger partial charge in [-0.2, -0.15) is 0 Å². The highest BCUT2D eigenvalue weighted by molar-refractivity contribution is 6.33. The fraction of sp³-hybridized carbons (Fsp3) is 0.222. The number of aryl methyl sites for hydroxylation is 1. The van der Waals surface area contributed by atoms with Crippen molar-refractivity contribution in [3.63, 3.8) is 0 Å². The molecule has 0 bridgehead atoms. The third-order valence-corrected chi connectivity index (χ3v) is 6.44. The summed E-state index contributed by atoms with van der Waals surface area (Å²) in [6.07, 6.45) is 4.34. The number of hydrogen-bond donors (Lipinski definition) is 1. The Kier molecular flexibility index (Phi) is 6.22. The van der Waals surface area contributed by atoms with Crippen LogP contribution in [-0.4, -0.2) is 20.7 Å². The van der Waals surface area contributed by atoms with Crippen molar-refractivity contribution in [1.29, 1.82) is 0 Å². The average Bonchev–Trinajstić information content (AvgIpc) is 3.09. The Morgan fingerprint density at radius 3 is 2.27 bits per heavy atom. The minimum atomic E-state index is -0.420.